The quantitative estimate of drug-likeness (QED) is 0.503. The molecule has 8 atom stereocenters. The first kappa shape index (κ1) is 13.5. The highest BCUT2D eigenvalue weighted by Gasteiger charge is 2.90. The summed E-state index contributed by atoms with van der Waals surface area (Å²) in [6.07, 6.45) is -0.250. The highest BCUT2D eigenvalue weighted by atomic mass is 16.7. The molecule has 1 heterocycles. The van der Waals surface area contributed by atoms with Crippen LogP contribution in [0.2, 0.25) is 0 Å². The Morgan fingerprint density at radius 1 is 1.15 bits per heavy atom. The van der Waals surface area contributed by atoms with E-state index in [1.54, 1.807) is 6.92 Å². The maximum Gasteiger partial charge on any atom is 0.201 e. The highest BCUT2D eigenvalue weighted by Crippen LogP contribution is 2.80. The van der Waals surface area contributed by atoms with Gasteiger partial charge in [-0.15, -0.1) is 0 Å². The fourth-order valence-corrected chi connectivity index (χ4v) is 6.43. The summed E-state index contributed by atoms with van der Waals surface area (Å²) in [6, 6.07) is 0. The maximum atomic E-state index is 11.5. The molecule has 8 unspecified atom stereocenters. The number of fused-ring (bicyclic) bond motifs is 1. The Bertz CT molecular complexity index is 495. The molecule has 5 aliphatic rings. The van der Waals surface area contributed by atoms with Crippen molar-refractivity contribution in [3.05, 3.63) is 0 Å². The third kappa shape index (κ3) is 0.830. The Morgan fingerprint density at radius 3 is 2.45 bits per heavy atom. The minimum atomic E-state index is -1.77. The first-order chi connectivity index (χ1) is 9.12. The van der Waals surface area contributed by atoms with E-state index in [9.17, 15) is 20.4 Å². The summed E-state index contributed by atoms with van der Waals surface area (Å²) in [7, 11) is 0. The summed E-state index contributed by atoms with van der Waals surface area (Å²) in [5.74, 6) is -1.74. The largest absolute Gasteiger partial charge is 0.392 e. The van der Waals surface area contributed by atoms with Crippen LogP contribution in [0.1, 0.15) is 40.0 Å². The Labute approximate surface area is 118 Å². The van der Waals surface area contributed by atoms with E-state index in [-0.39, 0.29) is 12.5 Å². The molecule has 4 saturated carbocycles. The van der Waals surface area contributed by atoms with Gasteiger partial charge in [-0.25, -0.2) is 0 Å². The molecule has 0 aromatic rings. The summed E-state index contributed by atoms with van der Waals surface area (Å²) < 4.78 is 5.62. The van der Waals surface area contributed by atoms with E-state index >= 15 is 0 Å². The minimum absolute atomic E-state index is 0.0366. The fraction of sp³-hybridized carbons (Fsp3) is 1.00. The lowest BCUT2D eigenvalue weighted by atomic mass is 9.34. The molecule has 4 aliphatic carbocycles. The van der Waals surface area contributed by atoms with Crippen LogP contribution in [0.25, 0.3) is 0 Å². The molecule has 20 heavy (non-hydrogen) atoms. The molecular weight excluding hydrogens is 260 g/mol. The smallest absolute Gasteiger partial charge is 0.201 e. The summed E-state index contributed by atoms with van der Waals surface area (Å²) >= 11 is 0. The first-order valence-electron chi connectivity index (χ1n) is 7.57. The van der Waals surface area contributed by atoms with Crippen molar-refractivity contribution >= 4 is 0 Å². The van der Waals surface area contributed by atoms with Gasteiger partial charge in [0.05, 0.1) is 23.7 Å². The standard InChI is InChI=1S/C15H24O5/c1-8-4-5-14(18)11(2)7-20-15(19)10(17)13(8,14)6-9(16)12(11,15)3/h8-10,16-19H,4-7H2,1-3H3. The van der Waals surface area contributed by atoms with Crippen molar-refractivity contribution in [2.45, 2.75) is 63.6 Å². The molecule has 114 valence electrons. The predicted molar refractivity (Wildman–Crippen MR) is 69.5 cm³/mol. The summed E-state index contributed by atoms with van der Waals surface area (Å²) in [6.45, 7) is 5.80. The molecule has 1 aliphatic heterocycles. The van der Waals surface area contributed by atoms with Crippen molar-refractivity contribution in [1.82, 2.24) is 0 Å². The van der Waals surface area contributed by atoms with Crippen molar-refractivity contribution < 1.29 is 25.2 Å². The molecule has 5 fully saturated rings. The number of hydrogen-bond donors (Lipinski definition) is 4. The third-order valence-electron chi connectivity index (χ3n) is 8.03. The van der Waals surface area contributed by atoms with E-state index in [1.807, 2.05) is 13.8 Å². The SMILES string of the molecule is CC1CCC2(O)C13CC(O)C1(C)C(O)(OCC21C)C3O. The minimum Gasteiger partial charge on any atom is -0.392 e. The number of hydrogen-bond acceptors (Lipinski definition) is 5. The molecule has 5 heteroatoms. The molecule has 1 saturated heterocycles. The van der Waals surface area contributed by atoms with Gasteiger partial charge < -0.3 is 25.2 Å². The van der Waals surface area contributed by atoms with Crippen LogP contribution in [0.15, 0.2) is 0 Å². The van der Waals surface area contributed by atoms with Crippen LogP contribution in [-0.2, 0) is 4.74 Å². The van der Waals surface area contributed by atoms with Gasteiger partial charge in [0.15, 0.2) is 0 Å². The van der Waals surface area contributed by atoms with Gasteiger partial charge >= 0.3 is 0 Å². The Hall–Kier alpha value is -0.200. The van der Waals surface area contributed by atoms with Crippen molar-refractivity contribution in [2.24, 2.45) is 22.2 Å². The van der Waals surface area contributed by atoms with E-state index in [1.165, 1.54) is 0 Å². The van der Waals surface area contributed by atoms with Crippen LogP contribution in [0.4, 0.5) is 0 Å². The van der Waals surface area contributed by atoms with E-state index in [4.69, 9.17) is 4.74 Å². The topological polar surface area (TPSA) is 90.2 Å². The summed E-state index contributed by atoms with van der Waals surface area (Å²) in [5.41, 5.74) is -3.80. The molecule has 5 rings (SSSR count). The third-order valence-corrected chi connectivity index (χ3v) is 8.03. The second-order valence-corrected chi connectivity index (χ2v) is 7.98. The monoisotopic (exact) mass is 284 g/mol. The van der Waals surface area contributed by atoms with Crippen molar-refractivity contribution in [3.63, 3.8) is 0 Å². The molecular formula is C15H24O5. The van der Waals surface area contributed by atoms with Crippen LogP contribution in [0.5, 0.6) is 0 Å². The van der Waals surface area contributed by atoms with Crippen LogP contribution < -0.4 is 0 Å². The van der Waals surface area contributed by atoms with Gasteiger partial charge in [-0.2, -0.15) is 0 Å². The van der Waals surface area contributed by atoms with Gasteiger partial charge in [0, 0.05) is 10.8 Å². The van der Waals surface area contributed by atoms with E-state index in [2.05, 4.69) is 0 Å². The van der Waals surface area contributed by atoms with E-state index in [0.717, 1.165) is 6.42 Å². The number of aliphatic hydroxyl groups is 4. The van der Waals surface area contributed by atoms with Crippen LogP contribution in [0, 0.1) is 22.2 Å². The zero-order chi connectivity index (χ0) is 14.8. The second kappa shape index (κ2) is 3.10. The molecule has 5 nitrogen and oxygen atoms in total. The Balaban J connectivity index is 2.08. The predicted octanol–water partition coefficient (Wildman–Crippen LogP) is 0.00430. The maximum absolute atomic E-state index is 11.5. The van der Waals surface area contributed by atoms with Gasteiger partial charge in [-0.1, -0.05) is 20.8 Å². The van der Waals surface area contributed by atoms with Gasteiger partial charge in [0.2, 0.25) is 5.79 Å². The zero-order valence-electron chi connectivity index (χ0n) is 12.3. The fourth-order valence-electron chi connectivity index (χ4n) is 6.43. The summed E-state index contributed by atoms with van der Waals surface area (Å²) in [5, 5.41) is 44.1. The molecule has 4 N–H and O–H groups in total. The van der Waals surface area contributed by atoms with Crippen LogP contribution in [-0.4, -0.2) is 50.6 Å². The van der Waals surface area contributed by atoms with Crippen molar-refractivity contribution in [1.29, 1.82) is 0 Å². The van der Waals surface area contributed by atoms with E-state index < -0.39 is 39.8 Å². The molecule has 1 spiro atoms. The Morgan fingerprint density at radius 2 is 1.80 bits per heavy atom. The zero-order valence-corrected chi connectivity index (χ0v) is 12.3. The van der Waals surface area contributed by atoms with Gasteiger partial charge in [0.25, 0.3) is 0 Å². The van der Waals surface area contributed by atoms with Gasteiger partial charge in [-0.3, -0.25) is 0 Å². The number of aliphatic hydroxyl groups excluding tert-OH is 2. The van der Waals surface area contributed by atoms with Gasteiger partial charge in [-0.05, 0) is 25.2 Å². The molecule has 4 bridgehead atoms. The lowest BCUT2D eigenvalue weighted by Gasteiger charge is -2.72. The lowest BCUT2D eigenvalue weighted by Crippen LogP contribution is -2.84. The molecule has 0 aromatic carbocycles. The van der Waals surface area contributed by atoms with Crippen LogP contribution in [0.3, 0.4) is 0 Å². The highest BCUT2D eigenvalue weighted by molar-refractivity contribution is 5.36. The lowest BCUT2D eigenvalue weighted by molar-refractivity contribution is -0.413. The van der Waals surface area contributed by atoms with Crippen molar-refractivity contribution in [3.8, 4) is 0 Å². The molecule has 0 amide bonds. The van der Waals surface area contributed by atoms with Crippen LogP contribution >= 0.6 is 0 Å². The second-order valence-electron chi connectivity index (χ2n) is 7.98. The number of rotatable bonds is 0. The molecule has 0 aromatic heterocycles. The normalized spacial score (nSPS) is 71.2. The molecule has 0 radical (unpaired) electrons. The van der Waals surface area contributed by atoms with Gasteiger partial charge in [0.1, 0.15) is 6.10 Å². The Kier molecular flexibility index (Phi) is 2.09. The average molecular weight is 284 g/mol. The first-order valence-corrected chi connectivity index (χ1v) is 7.57. The number of ether oxygens (including phenoxy) is 1. The summed E-state index contributed by atoms with van der Waals surface area (Å²) in [4.78, 5) is 0. The van der Waals surface area contributed by atoms with E-state index in [0.29, 0.717) is 12.8 Å². The average Bonchev–Trinajstić information content (AvgIpc) is 2.77. The van der Waals surface area contributed by atoms with Crippen molar-refractivity contribution in [2.75, 3.05) is 6.61 Å².